The van der Waals surface area contributed by atoms with Crippen molar-refractivity contribution in [2.75, 3.05) is 0 Å². The zero-order valence-corrected chi connectivity index (χ0v) is 12.1. The third-order valence-corrected chi connectivity index (χ3v) is 4.78. The summed E-state index contributed by atoms with van der Waals surface area (Å²) in [6, 6.07) is 23.7. The molecule has 0 nitrogen and oxygen atoms in total. The molecule has 0 saturated carbocycles. The minimum absolute atomic E-state index is 0.0621. The van der Waals surface area contributed by atoms with Crippen LogP contribution in [0.2, 0.25) is 0 Å². The van der Waals surface area contributed by atoms with Gasteiger partial charge < -0.3 is 0 Å². The van der Waals surface area contributed by atoms with E-state index in [1.54, 1.807) is 0 Å². The van der Waals surface area contributed by atoms with Gasteiger partial charge in [-0.15, -0.1) is 0 Å². The van der Waals surface area contributed by atoms with E-state index in [1.807, 2.05) is 0 Å². The summed E-state index contributed by atoms with van der Waals surface area (Å²) in [7, 11) is 6.45. The Hall–Kier alpha value is -2.54. The Balaban J connectivity index is 2.07. The zero-order chi connectivity index (χ0) is 14.7. The van der Waals surface area contributed by atoms with Crippen LogP contribution in [0.25, 0.3) is 22.8 Å². The molecule has 0 spiro atoms. The lowest BCUT2D eigenvalue weighted by atomic mass is 9.77. The van der Waals surface area contributed by atoms with E-state index in [0.717, 1.165) is 0 Å². The second-order valence-electron chi connectivity index (χ2n) is 5.97. The van der Waals surface area contributed by atoms with Gasteiger partial charge in [0.25, 0.3) is 0 Å². The maximum absolute atomic E-state index is 6.45. The maximum Gasteiger partial charge on any atom is 0.0820 e. The lowest BCUT2D eigenvalue weighted by molar-refractivity contribution is 1.26. The second kappa shape index (κ2) is 4.24. The fourth-order valence-corrected chi connectivity index (χ4v) is 3.86. The van der Waals surface area contributed by atoms with Gasteiger partial charge in [0, 0.05) is 0 Å². The molecule has 0 heterocycles. The SMILES string of the molecule is [B]C1C=c2cccc3c2=C(c2ccccc2-3)c2ccccc21. The third-order valence-electron chi connectivity index (χ3n) is 4.78. The Bertz CT molecular complexity index is 1040. The molecule has 3 aromatic rings. The molecule has 5 rings (SSSR count). The molecule has 22 heavy (non-hydrogen) atoms. The fourth-order valence-electron chi connectivity index (χ4n) is 3.86. The van der Waals surface area contributed by atoms with Crippen LogP contribution in [0.1, 0.15) is 22.5 Å². The summed E-state index contributed by atoms with van der Waals surface area (Å²) >= 11 is 0. The van der Waals surface area contributed by atoms with Gasteiger partial charge in [0.15, 0.2) is 0 Å². The van der Waals surface area contributed by atoms with E-state index in [2.05, 4.69) is 72.8 Å². The normalized spacial score (nSPS) is 17.1. The van der Waals surface area contributed by atoms with Crippen molar-refractivity contribution in [1.29, 1.82) is 0 Å². The fraction of sp³-hybridized carbons (Fsp3) is 0.0476. The summed E-state index contributed by atoms with van der Waals surface area (Å²) in [5, 5.41) is 2.58. The number of benzene rings is 3. The number of fused-ring (bicyclic) bond motifs is 5. The van der Waals surface area contributed by atoms with Crippen molar-refractivity contribution in [1.82, 2.24) is 0 Å². The summed E-state index contributed by atoms with van der Waals surface area (Å²) < 4.78 is 0. The topological polar surface area (TPSA) is 0 Å². The van der Waals surface area contributed by atoms with Gasteiger partial charge in [0.2, 0.25) is 0 Å². The molecule has 0 N–H and O–H groups in total. The van der Waals surface area contributed by atoms with Crippen molar-refractivity contribution in [3.8, 4) is 11.1 Å². The summed E-state index contributed by atoms with van der Waals surface area (Å²) in [6.45, 7) is 0. The molecule has 0 aliphatic heterocycles. The highest BCUT2D eigenvalue weighted by atomic mass is 14.3. The molecule has 1 unspecified atom stereocenters. The zero-order valence-electron chi connectivity index (χ0n) is 12.1. The Morgan fingerprint density at radius 1 is 0.636 bits per heavy atom. The molecule has 0 amide bonds. The Morgan fingerprint density at radius 3 is 2.18 bits per heavy atom. The predicted octanol–water partition coefficient (Wildman–Crippen LogP) is 2.92. The standard InChI is InChI=1S/C21H13B/c22-19-12-13-6-5-11-16-14-7-1-3-9-17(14)21(20(13)16)18-10-4-2-8-15(18)19/h1-12,19H. The van der Waals surface area contributed by atoms with E-state index in [4.69, 9.17) is 7.85 Å². The highest BCUT2D eigenvalue weighted by Crippen LogP contribution is 2.38. The van der Waals surface area contributed by atoms with Crippen LogP contribution in [0.4, 0.5) is 0 Å². The smallest absolute Gasteiger partial charge is 0.0779 e. The van der Waals surface area contributed by atoms with Gasteiger partial charge in [0.1, 0.15) is 0 Å². The molecule has 100 valence electrons. The molecule has 0 aromatic heterocycles. The largest absolute Gasteiger partial charge is 0.0820 e. The molecule has 0 fully saturated rings. The summed E-state index contributed by atoms with van der Waals surface area (Å²) in [5.41, 5.74) is 7.77. The molecule has 1 atom stereocenters. The summed E-state index contributed by atoms with van der Waals surface area (Å²) in [5.74, 6) is -0.0621. The van der Waals surface area contributed by atoms with Crippen molar-refractivity contribution >= 4 is 19.5 Å². The Morgan fingerprint density at radius 2 is 1.32 bits per heavy atom. The highest BCUT2D eigenvalue weighted by molar-refractivity contribution is 6.17. The van der Waals surface area contributed by atoms with Crippen molar-refractivity contribution in [2.45, 2.75) is 5.82 Å². The average Bonchev–Trinajstić information content (AvgIpc) is 2.83. The van der Waals surface area contributed by atoms with Crippen molar-refractivity contribution in [3.63, 3.8) is 0 Å². The first kappa shape index (κ1) is 12.1. The first-order valence-electron chi connectivity index (χ1n) is 7.64. The predicted molar refractivity (Wildman–Crippen MR) is 92.1 cm³/mol. The van der Waals surface area contributed by atoms with E-state index < -0.39 is 0 Å². The van der Waals surface area contributed by atoms with Gasteiger partial charge >= 0.3 is 0 Å². The lowest BCUT2D eigenvalue weighted by Gasteiger charge is -2.14. The van der Waals surface area contributed by atoms with Gasteiger partial charge in [0.05, 0.1) is 7.85 Å². The molecule has 0 saturated heterocycles. The van der Waals surface area contributed by atoms with E-state index in [-0.39, 0.29) is 5.82 Å². The lowest BCUT2D eigenvalue weighted by Crippen LogP contribution is -2.26. The average molecular weight is 276 g/mol. The van der Waals surface area contributed by atoms with Crippen LogP contribution in [-0.2, 0) is 0 Å². The number of rotatable bonds is 0. The molecule has 3 aromatic carbocycles. The molecule has 2 aliphatic rings. The summed E-state index contributed by atoms with van der Waals surface area (Å²) in [4.78, 5) is 0. The monoisotopic (exact) mass is 276 g/mol. The van der Waals surface area contributed by atoms with Crippen LogP contribution in [0, 0.1) is 0 Å². The van der Waals surface area contributed by atoms with Gasteiger partial charge in [-0.1, -0.05) is 72.8 Å². The molecule has 2 radical (unpaired) electrons. The minimum Gasteiger partial charge on any atom is -0.0779 e. The van der Waals surface area contributed by atoms with Crippen molar-refractivity contribution in [3.05, 3.63) is 93.9 Å². The van der Waals surface area contributed by atoms with E-state index in [9.17, 15) is 0 Å². The van der Waals surface area contributed by atoms with E-state index in [0.29, 0.717) is 0 Å². The van der Waals surface area contributed by atoms with Crippen LogP contribution in [-0.4, -0.2) is 7.85 Å². The van der Waals surface area contributed by atoms with Crippen molar-refractivity contribution < 1.29 is 0 Å². The first-order valence-corrected chi connectivity index (χ1v) is 7.64. The molecule has 0 bridgehead atoms. The van der Waals surface area contributed by atoms with E-state index in [1.165, 1.54) is 43.8 Å². The Kier molecular flexibility index (Phi) is 2.32. The van der Waals surface area contributed by atoms with Crippen molar-refractivity contribution in [2.24, 2.45) is 0 Å². The van der Waals surface area contributed by atoms with Gasteiger partial charge in [-0.05, 0) is 49.6 Å². The van der Waals surface area contributed by atoms with E-state index >= 15 is 0 Å². The van der Waals surface area contributed by atoms with Crippen LogP contribution in [0.3, 0.4) is 0 Å². The molecular formula is C21H13B. The summed E-state index contributed by atoms with van der Waals surface area (Å²) in [6.07, 6.45) is 2.19. The molecular weight excluding hydrogens is 263 g/mol. The first-order chi connectivity index (χ1) is 10.8. The highest BCUT2D eigenvalue weighted by Gasteiger charge is 2.25. The van der Waals surface area contributed by atoms with Gasteiger partial charge in [-0.3, -0.25) is 0 Å². The van der Waals surface area contributed by atoms with Gasteiger partial charge in [-0.25, -0.2) is 0 Å². The van der Waals surface area contributed by atoms with Crippen LogP contribution in [0.15, 0.2) is 66.7 Å². The molecule has 1 heteroatoms. The Labute approximate surface area is 130 Å². The minimum atomic E-state index is -0.0621. The second-order valence-corrected chi connectivity index (χ2v) is 5.97. The third kappa shape index (κ3) is 1.43. The quantitative estimate of drug-likeness (QED) is 0.433. The van der Waals surface area contributed by atoms with Crippen LogP contribution >= 0.6 is 0 Å². The maximum atomic E-state index is 6.45. The number of hydrogen-bond donors (Lipinski definition) is 0. The van der Waals surface area contributed by atoms with Gasteiger partial charge in [-0.2, -0.15) is 0 Å². The molecule has 2 aliphatic carbocycles. The number of hydrogen-bond acceptors (Lipinski definition) is 0. The van der Waals surface area contributed by atoms with Crippen LogP contribution in [0.5, 0.6) is 0 Å². The van der Waals surface area contributed by atoms with Crippen LogP contribution < -0.4 is 10.4 Å².